The van der Waals surface area contributed by atoms with E-state index >= 15 is 0 Å². The molecule has 0 atom stereocenters. The topological polar surface area (TPSA) is 66.9 Å². The van der Waals surface area contributed by atoms with Crippen LogP contribution in [0.3, 0.4) is 0 Å². The summed E-state index contributed by atoms with van der Waals surface area (Å²) in [6.45, 7) is 4.57. The van der Waals surface area contributed by atoms with E-state index in [0.29, 0.717) is 5.75 Å². The highest BCUT2D eigenvalue weighted by Crippen LogP contribution is 2.21. The van der Waals surface area contributed by atoms with E-state index < -0.39 is 15.8 Å². The minimum absolute atomic E-state index is 0.109. The normalized spacial score (nSPS) is 15.5. The number of sulfonamides is 1. The maximum absolute atomic E-state index is 13.9. The Labute approximate surface area is 164 Å². The summed E-state index contributed by atoms with van der Waals surface area (Å²) in [6, 6.07) is 10.9. The van der Waals surface area contributed by atoms with E-state index in [0.717, 1.165) is 17.2 Å². The van der Waals surface area contributed by atoms with E-state index in [1.54, 1.807) is 4.90 Å². The van der Waals surface area contributed by atoms with Crippen LogP contribution >= 0.6 is 0 Å². The Hall–Kier alpha value is -2.45. The molecular weight excluding hydrogens is 383 g/mol. The van der Waals surface area contributed by atoms with E-state index in [1.807, 2.05) is 32.0 Å². The number of ether oxygens (including phenoxy) is 1. The van der Waals surface area contributed by atoms with Crippen LogP contribution in [0.4, 0.5) is 4.39 Å². The van der Waals surface area contributed by atoms with Gasteiger partial charge in [0.15, 0.2) is 6.61 Å². The molecule has 1 amide bonds. The number of amides is 1. The summed E-state index contributed by atoms with van der Waals surface area (Å²) in [7, 11) is -3.92. The molecule has 2 aromatic carbocycles. The highest BCUT2D eigenvalue weighted by molar-refractivity contribution is 7.89. The molecule has 0 unspecified atom stereocenters. The maximum Gasteiger partial charge on any atom is 0.260 e. The van der Waals surface area contributed by atoms with Gasteiger partial charge in [0.05, 0.1) is 0 Å². The molecule has 0 radical (unpaired) electrons. The molecular formula is C20H23FN2O4S. The van der Waals surface area contributed by atoms with Crippen molar-refractivity contribution in [3.63, 3.8) is 0 Å². The minimum Gasteiger partial charge on any atom is -0.484 e. The van der Waals surface area contributed by atoms with Crippen molar-refractivity contribution in [1.29, 1.82) is 0 Å². The summed E-state index contributed by atoms with van der Waals surface area (Å²) in [4.78, 5) is 13.6. The predicted molar refractivity (Wildman–Crippen MR) is 103 cm³/mol. The van der Waals surface area contributed by atoms with Gasteiger partial charge in [-0.2, -0.15) is 4.31 Å². The average Bonchev–Trinajstić information content (AvgIpc) is 2.69. The molecule has 1 aliphatic heterocycles. The van der Waals surface area contributed by atoms with Crippen LogP contribution < -0.4 is 4.74 Å². The Balaban J connectivity index is 1.56. The zero-order chi connectivity index (χ0) is 20.3. The second-order valence-electron chi connectivity index (χ2n) is 6.75. The molecule has 150 valence electrons. The Morgan fingerprint density at radius 2 is 1.71 bits per heavy atom. The Morgan fingerprint density at radius 3 is 2.36 bits per heavy atom. The number of rotatable bonds is 5. The van der Waals surface area contributed by atoms with Gasteiger partial charge in [-0.1, -0.05) is 18.2 Å². The van der Waals surface area contributed by atoms with Crippen LogP contribution in [0.1, 0.15) is 11.1 Å². The molecule has 2 aromatic rings. The van der Waals surface area contributed by atoms with Gasteiger partial charge in [-0.25, -0.2) is 12.8 Å². The van der Waals surface area contributed by atoms with Crippen molar-refractivity contribution < 1.29 is 22.3 Å². The molecule has 0 aromatic heterocycles. The number of carbonyl (C=O) groups excluding carboxylic acids is 1. The Bertz CT molecular complexity index is 970. The molecule has 0 aliphatic carbocycles. The van der Waals surface area contributed by atoms with Crippen molar-refractivity contribution in [3.05, 3.63) is 59.4 Å². The summed E-state index contributed by atoms with van der Waals surface area (Å²) in [6.07, 6.45) is 0. The Kier molecular flexibility index (Phi) is 6.00. The van der Waals surface area contributed by atoms with Crippen molar-refractivity contribution >= 4 is 15.9 Å². The highest BCUT2D eigenvalue weighted by Gasteiger charge is 2.31. The molecule has 0 N–H and O–H groups in total. The summed E-state index contributed by atoms with van der Waals surface area (Å²) >= 11 is 0. The van der Waals surface area contributed by atoms with Crippen LogP contribution in [-0.2, 0) is 14.8 Å². The number of aryl methyl sites for hydroxylation is 2. The van der Waals surface area contributed by atoms with Crippen LogP contribution in [0.5, 0.6) is 5.75 Å². The Morgan fingerprint density at radius 1 is 1.04 bits per heavy atom. The summed E-state index contributed by atoms with van der Waals surface area (Å²) in [5, 5.41) is 0. The lowest BCUT2D eigenvalue weighted by Gasteiger charge is -2.34. The van der Waals surface area contributed by atoms with Gasteiger partial charge in [0.1, 0.15) is 16.5 Å². The number of hydrogen-bond donors (Lipinski definition) is 0. The van der Waals surface area contributed by atoms with Crippen molar-refractivity contribution in [2.45, 2.75) is 18.7 Å². The fourth-order valence-corrected chi connectivity index (χ4v) is 4.50. The standard InChI is InChI=1S/C20H23FN2O4S/c1-15-7-8-17(13-16(15)2)27-14-20(24)22-9-11-23(12-10-22)28(25,26)19-6-4-3-5-18(19)21/h3-8,13H,9-12,14H2,1-2H3. The maximum atomic E-state index is 13.9. The third-order valence-corrected chi connectivity index (χ3v) is 6.82. The van der Waals surface area contributed by atoms with Gasteiger partial charge < -0.3 is 9.64 Å². The molecule has 1 aliphatic rings. The quantitative estimate of drug-likeness (QED) is 0.765. The van der Waals surface area contributed by atoms with Crippen molar-refractivity contribution in [3.8, 4) is 5.75 Å². The van der Waals surface area contributed by atoms with Crippen molar-refractivity contribution in [1.82, 2.24) is 9.21 Å². The first-order valence-corrected chi connectivity index (χ1v) is 10.5. The zero-order valence-electron chi connectivity index (χ0n) is 15.9. The number of carbonyl (C=O) groups is 1. The van der Waals surface area contributed by atoms with Crippen LogP contribution in [-0.4, -0.2) is 56.3 Å². The summed E-state index contributed by atoms with van der Waals surface area (Å²) in [5.41, 5.74) is 2.22. The van der Waals surface area contributed by atoms with Crippen molar-refractivity contribution in [2.24, 2.45) is 0 Å². The lowest BCUT2D eigenvalue weighted by molar-refractivity contribution is -0.134. The highest BCUT2D eigenvalue weighted by atomic mass is 32.2. The number of nitrogens with zero attached hydrogens (tertiary/aromatic N) is 2. The third-order valence-electron chi connectivity index (χ3n) is 4.89. The number of benzene rings is 2. The van der Waals surface area contributed by atoms with Crippen molar-refractivity contribution in [2.75, 3.05) is 32.8 Å². The van der Waals surface area contributed by atoms with E-state index in [4.69, 9.17) is 4.74 Å². The summed E-state index contributed by atoms with van der Waals surface area (Å²) < 4.78 is 45.9. The van der Waals surface area contributed by atoms with Crippen LogP contribution in [0.25, 0.3) is 0 Å². The largest absolute Gasteiger partial charge is 0.484 e. The van der Waals surface area contributed by atoms with E-state index in [2.05, 4.69) is 0 Å². The molecule has 0 saturated carbocycles. The number of halogens is 1. The molecule has 0 bridgehead atoms. The first-order valence-electron chi connectivity index (χ1n) is 9.01. The van der Waals surface area contributed by atoms with Gasteiger partial charge in [-0.05, 0) is 49.2 Å². The monoisotopic (exact) mass is 406 g/mol. The molecule has 28 heavy (non-hydrogen) atoms. The fraction of sp³-hybridized carbons (Fsp3) is 0.350. The molecule has 1 heterocycles. The van der Waals surface area contributed by atoms with Crippen LogP contribution in [0.2, 0.25) is 0 Å². The molecule has 6 nitrogen and oxygen atoms in total. The summed E-state index contributed by atoms with van der Waals surface area (Å²) in [5.74, 6) is -0.360. The number of piperazine rings is 1. The van der Waals surface area contributed by atoms with Gasteiger partial charge in [0, 0.05) is 26.2 Å². The second kappa shape index (κ2) is 8.28. The third kappa shape index (κ3) is 4.34. The van der Waals surface area contributed by atoms with E-state index in [-0.39, 0.29) is 43.6 Å². The zero-order valence-corrected chi connectivity index (χ0v) is 16.7. The lowest BCUT2D eigenvalue weighted by Crippen LogP contribution is -2.51. The van der Waals surface area contributed by atoms with Gasteiger partial charge >= 0.3 is 0 Å². The molecule has 3 rings (SSSR count). The predicted octanol–water partition coefficient (Wildman–Crippen LogP) is 2.35. The first kappa shape index (κ1) is 20.3. The van der Waals surface area contributed by atoms with Crippen LogP contribution in [0, 0.1) is 19.7 Å². The smallest absolute Gasteiger partial charge is 0.260 e. The van der Waals surface area contributed by atoms with E-state index in [9.17, 15) is 17.6 Å². The molecule has 1 fully saturated rings. The van der Waals surface area contributed by atoms with Gasteiger partial charge in [0.2, 0.25) is 10.0 Å². The average molecular weight is 406 g/mol. The lowest BCUT2D eigenvalue weighted by atomic mass is 10.1. The molecule has 0 spiro atoms. The minimum atomic E-state index is -3.92. The van der Waals surface area contributed by atoms with Crippen LogP contribution in [0.15, 0.2) is 47.4 Å². The van der Waals surface area contributed by atoms with Gasteiger partial charge in [-0.15, -0.1) is 0 Å². The first-order chi connectivity index (χ1) is 13.3. The second-order valence-corrected chi connectivity index (χ2v) is 8.66. The van der Waals surface area contributed by atoms with Gasteiger partial charge in [-0.3, -0.25) is 4.79 Å². The molecule has 1 saturated heterocycles. The SMILES string of the molecule is Cc1ccc(OCC(=O)N2CCN(S(=O)(=O)c3ccccc3F)CC2)cc1C. The van der Waals surface area contributed by atoms with Gasteiger partial charge in [0.25, 0.3) is 5.91 Å². The fourth-order valence-electron chi connectivity index (χ4n) is 3.01. The number of hydrogen-bond acceptors (Lipinski definition) is 4. The molecule has 8 heteroatoms. The van der Waals surface area contributed by atoms with E-state index in [1.165, 1.54) is 22.5 Å².